The van der Waals surface area contributed by atoms with Gasteiger partial charge in [0.15, 0.2) is 10.8 Å². The number of nitrogens with zero attached hydrogens (tertiary/aromatic N) is 5. The Hall–Kier alpha value is -2.68. The van der Waals surface area contributed by atoms with E-state index in [4.69, 9.17) is 17.5 Å². The quantitative estimate of drug-likeness (QED) is 0.471. The first-order valence-corrected chi connectivity index (χ1v) is 10.9. The highest BCUT2D eigenvalue weighted by molar-refractivity contribution is 7.97. The lowest BCUT2D eigenvalue weighted by Crippen LogP contribution is -2.55. The Morgan fingerprint density at radius 1 is 1.22 bits per heavy atom. The third kappa shape index (κ3) is 3.62. The molecule has 166 valence electrons. The molecule has 1 amide bonds. The van der Waals surface area contributed by atoms with Crippen LogP contribution in [0, 0.1) is 11.3 Å². The number of rotatable bonds is 4. The molecule has 1 spiro atoms. The molecule has 0 atom stereocenters. The van der Waals surface area contributed by atoms with Gasteiger partial charge in [0.1, 0.15) is 11.6 Å². The Morgan fingerprint density at radius 3 is 2.38 bits per heavy atom. The number of pyridine rings is 1. The third-order valence-electron chi connectivity index (χ3n) is 5.52. The monoisotopic (exact) mass is 477 g/mol. The largest absolute Gasteiger partial charge is 0.419 e. The first kappa shape index (κ1) is 22.5. The standard InChI is InChI=1S/C21H18F3N5OS2/c1-27(2)32-15-6-4-13(5-7-15)29-19(31)28(18(30)20(29)8-3-9-20)14-10-16(21(22,23)24)17(11-25)26-12-14/h4-7,10,12H,3,8-9H2,1-2H3. The van der Waals surface area contributed by atoms with Gasteiger partial charge in [0.2, 0.25) is 0 Å². The van der Waals surface area contributed by atoms with E-state index in [1.165, 1.54) is 18.0 Å². The van der Waals surface area contributed by atoms with Gasteiger partial charge in [0.25, 0.3) is 5.91 Å². The summed E-state index contributed by atoms with van der Waals surface area (Å²) in [4.78, 5) is 20.9. The molecule has 0 bridgehead atoms. The van der Waals surface area contributed by atoms with Crippen molar-refractivity contribution in [2.75, 3.05) is 23.9 Å². The normalized spacial score (nSPS) is 17.8. The van der Waals surface area contributed by atoms with Crippen LogP contribution in [0.2, 0.25) is 0 Å². The molecular formula is C21H18F3N5OS2. The zero-order valence-corrected chi connectivity index (χ0v) is 18.8. The van der Waals surface area contributed by atoms with E-state index in [9.17, 15) is 18.0 Å². The van der Waals surface area contributed by atoms with Crippen LogP contribution < -0.4 is 9.80 Å². The maximum absolute atomic E-state index is 13.5. The molecule has 2 aliphatic rings. The van der Waals surface area contributed by atoms with E-state index < -0.39 is 23.0 Å². The van der Waals surface area contributed by atoms with Crippen LogP contribution in [0.15, 0.2) is 41.4 Å². The van der Waals surface area contributed by atoms with E-state index in [0.717, 1.165) is 28.5 Å². The summed E-state index contributed by atoms with van der Waals surface area (Å²) in [7, 11) is 3.85. The molecule has 6 nitrogen and oxygen atoms in total. The van der Waals surface area contributed by atoms with Gasteiger partial charge in [-0.25, -0.2) is 4.98 Å². The SMILES string of the molecule is CN(C)Sc1ccc(N2C(=S)N(c3cnc(C#N)c(C(F)(F)F)c3)C(=O)C23CCC3)cc1. The maximum Gasteiger partial charge on any atom is 0.419 e. The van der Waals surface area contributed by atoms with Gasteiger partial charge in [0, 0.05) is 10.6 Å². The lowest BCUT2D eigenvalue weighted by molar-refractivity contribution is -0.138. The molecule has 2 fully saturated rings. The van der Waals surface area contributed by atoms with Crippen molar-refractivity contribution in [3.05, 3.63) is 47.8 Å². The number of carbonyl (C=O) groups is 1. The molecule has 1 aromatic carbocycles. The van der Waals surface area contributed by atoms with Crippen molar-refractivity contribution in [2.45, 2.75) is 35.9 Å². The van der Waals surface area contributed by atoms with Crippen LogP contribution in [-0.2, 0) is 11.0 Å². The number of anilines is 2. The number of alkyl halides is 3. The van der Waals surface area contributed by atoms with E-state index in [1.807, 2.05) is 42.7 Å². The number of amides is 1. The van der Waals surface area contributed by atoms with Crippen molar-refractivity contribution >= 4 is 46.6 Å². The number of benzene rings is 1. The van der Waals surface area contributed by atoms with Crippen LogP contribution in [0.1, 0.15) is 30.5 Å². The topological polar surface area (TPSA) is 63.5 Å². The van der Waals surface area contributed by atoms with Gasteiger partial charge in [0.05, 0.1) is 17.4 Å². The average molecular weight is 478 g/mol. The van der Waals surface area contributed by atoms with Gasteiger partial charge in [-0.1, -0.05) is 0 Å². The Morgan fingerprint density at radius 2 is 1.88 bits per heavy atom. The smallest absolute Gasteiger partial charge is 0.303 e. The minimum absolute atomic E-state index is 0.0973. The average Bonchev–Trinajstić information content (AvgIpc) is 2.94. The van der Waals surface area contributed by atoms with Gasteiger partial charge >= 0.3 is 6.18 Å². The highest BCUT2D eigenvalue weighted by atomic mass is 32.2. The van der Waals surface area contributed by atoms with Gasteiger partial charge < -0.3 is 4.90 Å². The summed E-state index contributed by atoms with van der Waals surface area (Å²) < 4.78 is 42.3. The number of aromatic nitrogens is 1. The molecule has 0 N–H and O–H groups in total. The summed E-state index contributed by atoms with van der Waals surface area (Å²) in [6.45, 7) is 0. The Labute approximate surface area is 192 Å². The molecule has 1 aliphatic carbocycles. The van der Waals surface area contributed by atoms with Gasteiger partial charge in [-0.15, -0.1) is 0 Å². The highest BCUT2D eigenvalue weighted by Gasteiger charge is 2.59. The molecule has 1 aromatic heterocycles. The van der Waals surface area contributed by atoms with Crippen LogP contribution in [0.5, 0.6) is 0 Å². The van der Waals surface area contributed by atoms with E-state index in [1.54, 1.807) is 4.90 Å². The molecule has 1 saturated carbocycles. The summed E-state index contributed by atoms with van der Waals surface area (Å²) in [6.07, 6.45) is -1.79. The molecule has 2 heterocycles. The molecule has 0 unspecified atom stereocenters. The maximum atomic E-state index is 13.5. The predicted molar refractivity (Wildman–Crippen MR) is 119 cm³/mol. The number of nitriles is 1. The first-order chi connectivity index (χ1) is 15.1. The molecule has 1 saturated heterocycles. The second kappa shape index (κ2) is 8.03. The fourth-order valence-corrected chi connectivity index (χ4v) is 5.10. The van der Waals surface area contributed by atoms with Gasteiger partial charge in [-0.2, -0.15) is 18.4 Å². The van der Waals surface area contributed by atoms with Crippen LogP contribution in [0.4, 0.5) is 24.5 Å². The minimum atomic E-state index is -4.79. The number of carbonyl (C=O) groups excluding carboxylic acids is 1. The third-order valence-corrected chi connectivity index (χ3v) is 6.73. The molecule has 0 radical (unpaired) electrons. The van der Waals surface area contributed by atoms with Gasteiger partial charge in [-0.3, -0.25) is 14.0 Å². The predicted octanol–water partition coefficient (Wildman–Crippen LogP) is 4.60. The van der Waals surface area contributed by atoms with Crippen LogP contribution in [0.25, 0.3) is 0 Å². The zero-order valence-electron chi connectivity index (χ0n) is 17.2. The van der Waals surface area contributed by atoms with Crippen molar-refractivity contribution in [1.29, 1.82) is 5.26 Å². The van der Waals surface area contributed by atoms with E-state index in [2.05, 4.69) is 4.98 Å². The van der Waals surface area contributed by atoms with E-state index in [-0.39, 0.29) is 16.7 Å². The Balaban J connectivity index is 1.75. The number of thiocarbonyl (C=S) groups is 1. The van der Waals surface area contributed by atoms with Crippen molar-refractivity contribution < 1.29 is 18.0 Å². The summed E-state index contributed by atoms with van der Waals surface area (Å²) in [5.41, 5.74) is -2.26. The number of halogens is 3. The summed E-state index contributed by atoms with van der Waals surface area (Å²) >= 11 is 7.14. The number of hydrogen-bond acceptors (Lipinski definition) is 6. The molecular weight excluding hydrogens is 459 g/mol. The Kier molecular flexibility index (Phi) is 5.65. The Bertz CT molecular complexity index is 1120. The minimum Gasteiger partial charge on any atom is -0.303 e. The van der Waals surface area contributed by atoms with Crippen molar-refractivity contribution in [3.8, 4) is 6.07 Å². The molecule has 2 aromatic rings. The lowest BCUT2D eigenvalue weighted by atomic mass is 9.75. The van der Waals surface area contributed by atoms with Crippen molar-refractivity contribution in [2.24, 2.45) is 0 Å². The lowest BCUT2D eigenvalue weighted by Gasteiger charge is -2.43. The molecule has 11 heteroatoms. The van der Waals surface area contributed by atoms with Crippen LogP contribution in [0.3, 0.4) is 0 Å². The van der Waals surface area contributed by atoms with Crippen molar-refractivity contribution in [1.82, 2.24) is 9.29 Å². The fourth-order valence-electron chi connectivity index (χ4n) is 3.96. The summed E-state index contributed by atoms with van der Waals surface area (Å²) in [5.74, 6) is -0.375. The summed E-state index contributed by atoms with van der Waals surface area (Å²) in [5, 5.41) is 9.11. The molecule has 4 rings (SSSR count). The zero-order chi connectivity index (χ0) is 23.3. The van der Waals surface area contributed by atoms with Crippen molar-refractivity contribution in [3.63, 3.8) is 0 Å². The van der Waals surface area contributed by atoms with Crippen LogP contribution in [-0.4, -0.2) is 39.9 Å². The van der Waals surface area contributed by atoms with E-state index >= 15 is 0 Å². The highest BCUT2D eigenvalue weighted by Crippen LogP contribution is 2.48. The second-order valence-corrected chi connectivity index (χ2v) is 9.49. The van der Waals surface area contributed by atoms with Gasteiger partial charge in [-0.05, 0) is 87.9 Å². The fraction of sp³-hybridized carbons (Fsp3) is 0.333. The van der Waals surface area contributed by atoms with Crippen LogP contribution >= 0.6 is 24.2 Å². The first-order valence-electron chi connectivity index (χ1n) is 9.70. The molecule has 1 aliphatic heterocycles. The number of hydrogen-bond donors (Lipinski definition) is 0. The second-order valence-electron chi connectivity index (χ2n) is 7.74. The summed E-state index contributed by atoms with van der Waals surface area (Å²) in [6, 6.07) is 9.75. The van der Waals surface area contributed by atoms with E-state index in [0.29, 0.717) is 18.5 Å². The molecule has 32 heavy (non-hydrogen) atoms.